The predicted molar refractivity (Wildman–Crippen MR) is 38.7 cm³/mol. The van der Waals surface area contributed by atoms with Crippen LogP contribution in [0.4, 0.5) is 0 Å². The Morgan fingerprint density at radius 3 is 1.89 bits per heavy atom. The van der Waals surface area contributed by atoms with E-state index in [1.54, 1.807) is 0 Å². The van der Waals surface area contributed by atoms with E-state index in [4.69, 9.17) is 9.47 Å². The average molecular weight is 195 g/mol. The van der Waals surface area contributed by atoms with Gasteiger partial charge in [0, 0.05) is 0 Å². The van der Waals surface area contributed by atoms with Crippen LogP contribution in [0.2, 0.25) is 0 Å². The molecule has 1 saturated heterocycles. The molecule has 0 spiro atoms. The van der Waals surface area contributed by atoms with Crippen molar-refractivity contribution in [3.63, 3.8) is 0 Å². The van der Waals surface area contributed by atoms with E-state index in [0.717, 1.165) is 5.33 Å². The van der Waals surface area contributed by atoms with Gasteiger partial charge in [-0.2, -0.15) is 0 Å². The van der Waals surface area contributed by atoms with Crippen LogP contribution in [0.3, 0.4) is 0 Å². The molecule has 1 rings (SSSR count). The van der Waals surface area contributed by atoms with Crippen molar-refractivity contribution in [2.45, 2.75) is 32.3 Å². The molecule has 2 nitrogen and oxygen atoms in total. The first-order valence-corrected chi connectivity index (χ1v) is 4.23. The second-order valence-electron chi connectivity index (χ2n) is 2.27. The quantitative estimate of drug-likeness (QED) is 0.590. The third kappa shape index (κ3) is 1.66. The van der Waals surface area contributed by atoms with Crippen LogP contribution in [0.15, 0.2) is 0 Å². The maximum Gasteiger partial charge on any atom is 0.168 e. The zero-order valence-corrected chi connectivity index (χ0v) is 7.22. The van der Waals surface area contributed by atoms with E-state index < -0.39 is 0 Å². The fourth-order valence-corrected chi connectivity index (χ4v) is 1.11. The van der Waals surface area contributed by atoms with Crippen LogP contribution in [0.25, 0.3) is 0 Å². The minimum Gasteiger partial charge on any atom is -0.346 e. The number of rotatable bonds is 1. The molecular weight excluding hydrogens is 184 g/mol. The van der Waals surface area contributed by atoms with Crippen molar-refractivity contribution in [1.29, 1.82) is 0 Å². The van der Waals surface area contributed by atoms with Crippen LogP contribution in [0, 0.1) is 0 Å². The number of hydrogen-bond donors (Lipinski definition) is 0. The van der Waals surface area contributed by atoms with Crippen molar-refractivity contribution >= 4 is 15.9 Å². The Balaban J connectivity index is 2.35. The van der Waals surface area contributed by atoms with E-state index in [2.05, 4.69) is 15.9 Å². The van der Waals surface area contributed by atoms with Crippen molar-refractivity contribution in [2.75, 3.05) is 5.33 Å². The second kappa shape index (κ2) is 2.99. The fourth-order valence-electron chi connectivity index (χ4n) is 0.805. The third-order valence-corrected chi connectivity index (χ3v) is 2.05. The summed E-state index contributed by atoms with van der Waals surface area (Å²) in [5, 5.41) is 0.766. The molecule has 0 radical (unpaired) electrons. The summed E-state index contributed by atoms with van der Waals surface area (Å²) in [5.74, 6) is 0. The van der Waals surface area contributed by atoms with Gasteiger partial charge < -0.3 is 9.47 Å². The Labute approximate surface area is 63.7 Å². The van der Waals surface area contributed by atoms with Gasteiger partial charge in [0.05, 0.1) is 17.5 Å². The van der Waals surface area contributed by atoms with Crippen LogP contribution >= 0.6 is 15.9 Å². The lowest BCUT2D eigenvalue weighted by Gasteiger charge is -2.02. The molecular formula is C6H11BrO2. The molecule has 0 N–H and O–H groups in total. The van der Waals surface area contributed by atoms with Gasteiger partial charge in [-0.1, -0.05) is 15.9 Å². The van der Waals surface area contributed by atoms with Crippen LogP contribution in [0.1, 0.15) is 13.8 Å². The highest BCUT2D eigenvalue weighted by Crippen LogP contribution is 2.18. The highest BCUT2D eigenvalue weighted by Gasteiger charge is 2.28. The summed E-state index contributed by atoms with van der Waals surface area (Å²) < 4.78 is 10.7. The summed E-state index contributed by atoms with van der Waals surface area (Å²) in [6.07, 6.45) is 0.454. The van der Waals surface area contributed by atoms with Gasteiger partial charge in [-0.15, -0.1) is 0 Å². The molecule has 1 aliphatic rings. The maximum absolute atomic E-state index is 5.35. The highest BCUT2D eigenvalue weighted by molar-refractivity contribution is 9.09. The molecule has 1 heterocycles. The van der Waals surface area contributed by atoms with Gasteiger partial charge in [-0.05, 0) is 13.8 Å². The van der Waals surface area contributed by atoms with Crippen molar-refractivity contribution in [3.05, 3.63) is 0 Å². The third-order valence-electron chi connectivity index (χ3n) is 1.52. The molecule has 0 saturated carbocycles. The van der Waals surface area contributed by atoms with E-state index in [1.165, 1.54) is 0 Å². The smallest absolute Gasteiger partial charge is 0.168 e. The fraction of sp³-hybridized carbons (Fsp3) is 1.00. The first kappa shape index (κ1) is 7.51. The molecule has 54 valence electrons. The Kier molecular flexibility index (Phi) is 2.50. The molecule has 2 unspecified atom stereocenters. The monoisotopic (exact) mass is 194 g/mol. The Hall–Kier alpha value is 0.400. The first-order chi connectivity index (χ1) is 4.24. The number of hydrogen-bond acceptors (Lipinski definition) is 2. The summed E-state index contributed by atoms with van der Waals surface area (Å²) in [5.41, 5.74) is 0. The number of halogens is 1. The predicted octanol–water partition coefficient (Wildman–Crippen LogP) is 1.53. The lowest BCUT2D eigenvalue weighted by molar-refractivity contribution is -0.0423. The molecule has 3 heteroatoms. The molecule has 2 atom stereocenters. The Morgan fingerprint density at radius 2 is 1.67 bits per heavy atom. The SMILES string of the molecule is CC1OC(CBr)OC1C. The van der Waals surface area contributed by atoms with E-state index in [1.807, 2.05) is 13.8 Å². The van der Waals surface area contributed by atoms with Gasteiger partial charge in [-0.25, -0.2) is 0 Å². The van der Waals surface area contributed by atoms with Gasteiger partial charge in [0.1, 0.15) is 0 Å². The lowest BCUT2D eigenvalue weighted by atomic mass is 10.3. The molecule has 0 aromatic rings. The van der Waals surface area contributed by atoms with Crippen LogP contribution in [-0.4, -0.2) is 23.8 Å². The second-order valence-corrected chi connectivity index (χ2v) is 2.91. The summed E-state index contributed by atoms with van der Waals surface area (Å²) in [6.45, 7) is 4.04. The molecule has 1 aliphatic heterocycles. The first-order valence-electron chi connectivity index (χ1n) is 3.11. The van der Waals surface area contributed by atoms with Crippen molar-refractivity contribution < 1.29 is 9.47 Å². The standard InChI is InChI=1S/C6H11BrO2/c1-4-5(2)9-6(3-7)8-4/h4-6H,3H2,1-2H3. The molecule has 9 heavy (non-hydrogen) atoms. The molecule has 0 aromatic carbocycles. The van der Waals surface area contributed by atoms with E-state index in [-0.39, 0.29) is 18.5 Å². The van der Waals surface area contributed by atoms with Crippen molar-refractivity contribution in [1.82, 2.24) is 0 Å². The largest absolute Gasteiger partial charge is 0.346 e. The molecule has 0 aromatic heterocycles. The van der Waals surface area contributed by atoms with Crippen LogP contribution < -0.4 is 0 Å². The molecule has 0 amide bonds. The number of alkyl halides is 1. The van der Waals surface area contributed by atoms with Crippen LogP contribution in [0.5, 0.6) is 0 Å². The van der Waals surface area contributed by atoms with Gasteiger partial charge >= 0.3 is 0 Å². The van der Waals surface area contributed by atoms with Crippen molar-refractivity contribution in [2.24, 2.45) is 0 Å². The molecule has 1 fully saturated rings. The summed E-state index contributed by atoms with van der Waals surface area (Å²) in [4.78, 5) is 0. The lowest BCUT2D eigenvalue weighted by Crippen LogP contribution is -2.13. The van der Waals surface area contributed by atoms with Gasteiger partial charge in [0.2, 0.25) is 0 Å². The van der Waals surface area contributed by atoms with E-state index in [9.17, 15) is 0 Å². The average Bonchev–Trinajstić information content (AvgIpc) is 2.13. The Bertz CT molecular complexity index is 87.1. The summed E-state index contributed by atoms with van der Waals surface area (Å²) in [6, 6.07) is 0. The minimum absolute atomic E-state index is 0.0324. The highest BCUT2D eigenvalue weighted by atomic mass is 79.9. The summed E-state index contributed by atoms with van der Waals surface area (Å²) >= 11 is 3.28. The molecule has 0 aliphatic carbocycles. The Morgan fingerprint density at radius 1 is 1.22 bits per heavy atom. The van der Waals surface area contributed by atoms with Crippen molar-refractivity contribution in [3.8, 4) is 0 Å². The number of ether oxygens (including phenoxy) is 2. The van der Waals surface area contributed by atoms with Gasteiger partial charge in [0.25, 0.3) is 0 Å². The molecule has 0 bridgehead atoms. The van der Waals surface area contributed by atoms with Gasteiger partial charge in [0.15, 0.2) is 6.29 Å². The van der Waals surface area contributed by atoms with Gasteiger partial charge in [-0.3, -0.25) is 0 Å². The van der Waals surface area contributed by atoms with E-state index >= 15 is 0 Å². The zero-order chi connectivity index (χ0) is 6.85. The van der Waals surface area contributed by atoms with E-state index in [0.29, 0.717) is 0 Å². The van der Waals surface area contributed by atoms with Crippen LogP contribution in [-0.2, 0) is 9.47 Å². The summed E-state index contributed by atoms with van der Waals surface area (Å²) in [7, 11) is 0. The minimum atomic E-state index is -0.0324. The normalized spacial score (nSPS) is 43.7. The maximum atomic E-state index is 5.35. The topological polar surface area (TPSA) is 18.5 Å². The zero-order valence-electron chi connectivity index (χ0n) is 5.63.